The van der Waals surface area contributed by atoms with E-state index >= 15 is 0 Å². The predicted molar refractivity (Wildman–Crippen MR) is 116 cm³/mol. The van der Waals surface area contributed by atoms with Gasteiger partial charge in [0, 0.05) is 56.3 Å². The Hall–Kier alpha value is -2.76. The van der Waals surface area contributed by atoms with Crippen molar-refractivity contribution in [2.75, 3.05) is 54.4 Å². The van der Waals surface area contributed by atoms with Crippen molar-refractivity contribution in [1.29, 1.82) is 0 Å². The number of hydrogen-bond donors (Lipinski definition) is 1. The number of anilines is 3. The first-order valence-corrected chi connectivity index (χ1v) is 10.5. The number of halogens is 1. The maximum absolute atomic E-state index is 13.1. The van der Waals surface area contributed by atoms with Crippen LogP contribution in [-0.2, 0) is 0 Å². The molecule has 2 amide bonds. The Bertz CT molecular complexity index is 808. The highest BCUT2D eigenvalue weighted by atomic mass is 19.1. The van der Waals surface area contributed by atoms with E-state index in [1.165, 1.54) is 30.7 Å². The van der Waals surface area contributed by atoms with E-state index in [4.69, 9.17) is 0 Å². The van der Waals surface area contributed by atoms with Crippen LogP contribution in [0.5, 0.6) is 0 Å². The minimum Gasteiger partial charge on any atom is -0.372 e. The van der Waals surface area contributed by atoms with Crippen molar-refractivity contribution in [3.8, 4) is 0 Å². The summed E-state index contributed by atoms with van der Waals surface area (Å²) in [7, 11) is 0. The fourth-order valence-corrected chi connectivity index (χ4v) is 4.04. The second-order valence-corrected chi connectivity index (χ2v) is 8.10. The molecule has 2 saturated heterocycles. The Morgan fingerprint density at radius 1 is 0.828 bits per heavy atom. The number of urea groups is 1. The normalized spacial score (nSPS) is 18.1. The Kier molecular flexibility index (Phi) is 5.88. The van der Waals surface area contributed by atoms with E-state index in [1.807, 2.05) is 17.0 Å². The maximum Gasteiger partial charge on any atom is 0.321 e. The summed E-state index contributed by atoms with van der Waals surface area (Å²) in [5, 5.41) is 3.01. The zero-order valence-electron chi connectivity index (χ0n) is 17.0. The largest absolute Gasteiger partial charge is 0.372 e. The highest BCUT2D eigenvalue weighted by Gasteiger charge is 2.21. The molecule has 0 aliphatic carbocycles. The molecule has 2 fully saturated rings. The minimum atomic E-state index is -0.229. The van der Waals surface area contributed by atoms with Gasteiger partial charge in [-0.2, -0.15) is 0 Å². The van der Waals surface area contributed by atoms with Crippen molar-refractivity contribution < 1.29 is 9.18 Å². The molecule has 2 aliphatic heterocycles. The zero-order valence-corrected chi connectivity index (χ0v) is 17.0. The van der Waals surface area contributed by atoms with E-state index in [-0.39, 0.29) is 11.8 Å². The average Bonchev–Trinajstić information content (AvgIpc) is 2.76. The van der Waals surface area contributed by atoms with Gasteiger partial charge in [0.1, 0.15) is 5.82 Å². The molecular formula is C23H29FN4O. The Morgan fingerprint density at radius 2 is 1.34 bits per heavy atom. The zero-order chi connectivity index (χ0) is 20.2. The van der Waals surface area contributed by atoms with Gasteiger partial charge in [0.2, 0.25) is 0 Å². The smallest absolute Gasteiger partial charge is 0.321 e. The summed E-state index contributed by atoms with van der Waals surface area (Å²) in [6.45, 7) is 7.29. The summed E-state index contributed by atoms with van der Waals surface area (Å²) in [6, 6.07) is 14.6. The van der Waals surface area contributed by atoms with Crippen LogP contribution in [0.4, 0.5) is 26.2 Å². The van der Waals surface area contributed by atoms with E-state index in [2.05, 4.69) is 34.2 Å². The third kappa shape index (κ3) is 4.81. The van der Waals surface area contributed by atoms with Gasteiger partial charge in [0.05, 0.1) is 0 Å². The van der Waals surface area contributed by atoms with Crippen LogP contribution < -0.4 is 15.1 Å². The lowest BCUT2D eigenvalue weighted by Crippen LogP contribution is -2.50. The van der Waals surface area contributed by atoms with Gasteiger partial charge in [-0.15, -0.1) is 0 Å². The molecule has 29 heavy (non-hydrogen) atoms. The number of nitrogens with one attached hydrogen (secondary N) is 1. The molecule has 0 aromatic heterocycles. The molecule has 2 heterocycles. The molecule has 4 rings (SSSR count). The molecular weight excluding hydrogens is 367 g/mol. The van der Waals surface area contributed by atoms with Crippen molar-refractivity contribution >= 4 is 23.1 Å². The first-order chi connectivity index (χ1) is 14.1. The lowest BCUT2D eigenvalue weighted by Gasteiger charge is -2.36. The van der Waals surface area contributed by atoms with Gasteiger partial charge >= 0.3 is 6.03 Å². The quantitative estimate of drug-likeness (QED) is 0.835. The van der Waals surface area contributed by atoms with Crippen LogP contribution in [-0.4, -0.2) is 50.2 Å². The van der Waals surface area contributed by atoms with Crippen molar-refractivity contribution in [3.63, 3.8) is 0 Å². The van der Waals surface area contributed by atoms with Crippen molar-refractivity contribution in [3.05, 3.63) is 54.3 Å². The number of carbonyl (C=O) groups excluding carboxylic acids is 1. The first-order valence-electron chi connectivity index (χ1n) is 10.5. The molecule has 2 aromatic carbocycles. The van der Waals surface area contributed by atoms with Gasteiger partial charge < -0.3 is 20.0 Å². The highest BCUT2D eigenvalue weighted by Crippen LogP contribution is 2.24. The highest BCUT2D eigenvalue weighted by molar-refractivity contribution is 5.89. The van der Waals surface area contributed by atoms with Crippen LogP contribution in [0.15, 0.2) is 48.5 Å². The SMILES string of the molecule is CC1CCN(c2ccc(NC(=O)N3CCN(c4ccc(F)cc4)CC3)cc2)CC1. The summed E-state index contributed by atoms with van der Waals surface area (Å²) in [6.07, 6.45) is 2.48. The molecule has 0 atom stereocenters. The van der Waals surface area contributed by atoms with E-state index < -0.39 is 0 Å². The van der Waals surface area contributed by atoms with Crippen molar-refractivity contribution in [2.24, 2.45) is 5.92 Å². The second kappa shape index (κ2) is 8.72. The fraction of sp³-hybridized carbons (Fsp3) is 0.435. The predicted octanol–water partition coefficient (Wildman–Crippen LogP) is 4.42. The molecule has 0 unspecified atom stereocenters. The summed E-state index contributed by atoms with van der Waals surface area (Å²) in [5.41, 5.74) is 3.04. The lowest BCUT2D eigenvalue weighted by atomic mass is 9.99. The van der Waals surface area contributed by atoms with Gasteiger partial charge in [-0.25, -0.2) is 9.18 Å². The van der Waals surface area contributed by atoms with Gasteiger partial charge in [-0.3, -0.25) is 0 Å². The Balaban J connectivity index is 1.28. The molecule has 2 aliphatic rings. The third-order valence-corrected chi connectivity index (χ3v) is 6.03. The molecule has 0 spiro atoms. The number of nitrogens with zero attached hydrogens (tertiary/aromatic N) is 3. The minimum absolute atomic E-state index is 0.0664. The monoisotopic (exact) mass is 396 g/mol. The topological polar surface area (TPSA) is 38.8 Å². The number of carbonyl (C=O) groups is 1. The van der Waals surface area contributed by atoms with Crippen LogP contribution >= 0.6 is 0 Å². The number of rotatable bonds is 3. The second-order valence-electron chi connectivity index (χ2n) is 8.10. The van der Waals surface area contributed by atoms with Crippen molar-refractivity contribution in [1.82, 2.24) is 4.90 Å². The maximum atomic E-state index is 13.1. The van der Waals surface area contributed by atoms with Crippen LogP contribution in [0, 0.1) is 11.7 Å². The van der Waals surface area contributed by atoms with Crippen LogP contribution in [0.25, 0.3) is 0 Å². The van der Waals surface area contributed by atoms with E-state index in [0.717, 1.165) is 43.5 Å². The number of piperazine rings is 1. The molecule has 5 nitrogen and oxygen atoms in total. The fourth-order valence-electron chi connectivity index (χ4n) is 4.04. The van der Waals surface area contributed by atoms with E-state index in [1.54, 1.807) is 12.1 Å². The van der Waals surface area contributed by atoms with Gasteiger partial charge in [0.25, 0.3) is 0 Å². The lowest BCUT2D eigenvalue weighted by molar-refractivity contribution is 0.208. The molecule has 2 aromatic rings. The summed E-state index contributed by atoms with van der Waals surface area (Å²) in [5.74, 6) is 0.584. The average molecular weight is 397 g/mol. The summed E-state index contributed by atoms with van der Waals surface area (Å²) in [4.78, 5) is 19.0. The summed E-state index contributed by atoms with van der Waals surface area (Å²) < 4.78 is 13.1. The Labute approximate surface area is 172 Å². The third-order valence-electron chi connectivity index (χ3n) is 6.03. The van der Waals surface area contributed by atoms with Gasteiger partial charge in [0.15, 0.2) is 0 Å². The number of hydrogen-bond acceptors (Lipinski definition) is 3. The van der Waals surface area contributed by atoms with Crippen LogP contribution in [0.3, 0.4) is 0 Å². The molecule has 0 saturated carbocycles. The van der Waals surface area contributed by atoms with Gasteiger partial charge in [-0.05, 0) is 67.3 Å². The van der Waals surface area contributed by atoms with E-state index in [9.17, 15) is 9.18 Å². The van der Waals surface area contributed by atoms with Crippen LogP contribution in [0.2, 0.25) is 0 Å². The number of benzene rings is 2. The molecule has 154 valence electrons. The number of piperidine rings is 1. The molecule has 0 radical (unpaired) electrons. The molecule has 0 bridgehead atoms. The standard InChI is InChI=1S/C23H29FN4O/c1-18-10-12-26(13-11-18)22-8-4-20(5-9-22)25-23(29)28-16-14-27(15-17-28)21-6-2-19(24)3-7-21/h2-9,18H,10-17H2,1H3,(H,25,29). The van der Waals surface area contributed by atoms with E-state index in [0.29, 0.717) is 13.1 Å². The van der Waals surface area contributed by atoms with Crippen molar-refractivity contribution in [2.45, 2.75) is 19.8 Å². The number of amides is 2. The summed E-state index contributed by atoms with van der Waals surface area (Å²) >= 11 is 0. The van der Waals surface area contributed by atoms with Crippen LogP contribution in [0.1, 0.15) is 19.8 Å². The first kappa shape index (κ1) is 19.6. The molecule has 1 N–H and O–H groups in total. The molecule has 6 heteroatoms. The van der Waals surface area contributed by atoms with Gasteiger partial charge in [-0.1, -0.05) is 6.92 Å². The Morgan fingerprint density at radius 3 is 1.93 bits per heavy atom.